The number of aryl methyl sites for hydroxylation is 2. The second-order valence-electron chi connectivity index (χ2n) is 11.7. The van der Waals surface area contributed by atoms with Crippen LogP contribution in [0.1, 0.15) is 55.3 Å². The Kier molecular flexibility index (Phi) is 8.57. The van der Waals surface area contributed by atoms with Gasteiger partial charge in [-0.1, -0.05) is 18.6 Å². The van der Waals surface area contributed by atoms with Gasteiger partial charge in [-0.3, -0.25) is 4.79 Å². The van der Waals surface area contributed by atoms with E-state index in [1.807, 2.05) is 51.1 Å². The van der Waals surface area contributed by atoms with E-state index in [1.54, 1.807) is 12.1 Å². The summed E-state index contributed by atoms with van der Waals surface area (Å²) >= 11 is 0. The van der Waals surface area contributed by atoms with E-state index >= 15 is 4.39 Å². The Morgan fingerprint density at radius 3 is 2.52 bits per heavy atom. The molecule has 3 heterocycles. The van der Waals surface area contributed by atoms with Crippen molar-refractivity contribution in [2.75, 3.05) is 38.9 Å². The number of furan rings is 1. The normalized spacial score (nSPS) is 22.3. The van der Waals surface area contributed by atoms with Gasteiger partial charge >= 0.3 is 0 Å². The quantitative estimate of drug-likeness (QED) is 0.374. The van der Waals surface area contributed by atoms with Crippen molar-refractivity contribution in [2.45, 2.75) is 57.0 Å². The van der Waals surface area contributed by atoms with E-state index in [0.717, 1.165) is 35.8 Å². The van der Waals surface area contributed by atoms with Gasteiger partial charge in [0.1, 0.15) is 23.2 Å². The van der Waals surface area contributed by atoms with Crippen LogP contribution >= 0.6 is 9.24 Å². The number of rotatable bonds is 8. The van der Waals surface area contributed by atoms with Gasteiger partial charge in [0.25, 0.3) is 0 Å². The van der Waals surface area contributed by atoms with Crippen LogP contribution in [-0.4, -0.2) is 61.5 Å². The second-order valence-corrected chi connectivity index (χ2v) is 12.3. The molecular formula is C32H39F2N4O3P. The van der Waals surface area contributed by atoms with Crippen molar-refractivity contribution >= 4 is 31.9 Å². The molecule has 2 aromatic carbocycles. The Labute approximate surface area is 248 Å². The molecule has 10 heteroatoms. The Balaban J connectivity index is 1.71. The molecule has 1 saturated heterocycles. The molecule has 42 heavy (non-hydrogen) atoms. The Morgan fingerprint density at radius 1 is 1.17 bits per heavy atom. The number of hydrogen-bond acceptors (Lipinski definition) is 6. The fourth-order valence-corrected chi connectivity index (χ4v) is 6.59. The average Bonchev–Trinajstić information content (AvgIpc) is 3.53. The summed E-state index contributed by atoms with van der Waals surface area (Å²) in [6.45, 7) is 7.75. The zero-order valence-corrected chi connectivity index (χ0v) is 26.0. The first-order valence-corrected chi connectivity index (χ1v) is 14.9. The van der Waals surface area contributed by atoms with Crippen molar-refractivity contribution in [1.29, 1.82) is 0 Å². The van der Waals surface area contributed by atoms with Crippen LogP contribution in [0.15, 0.2) is 58.0 Å². The van der Waals surface area contributed by atoms with Crippen LogP contribution in [0.5, 0.6) is 0 Å². The van der Waals surface area contributed by atoms with E-state index in [2.05, 4.69) is 26.5 Å². The Hall–Kier alpha value is -3.13. The minimum Gasteiger partial charge on any atom is -0.465 e. The van der Waals surface area contributed by atoms with Gasteiger partial charge in [-0.15, -0.1) is 9.24 Å². The topological polar surface area (TPSA) is 70.3 Å². The molecule has 2 aliphatic rings. The van der Waals surface area contributed by atoms with Crippen LogP contribution in [0.3, 0.4) is 0 Å². The van der Waals surface area contributed by atoms with Crippen molar-refractivity contribution < 1.29 is 22.7 Å². The fraction of sp³-hybridized carbons (Fsp3) is 0.438. The first kappa shape index (κ1) is 30.3. The largest absolute Gasteiger partial charge is 0.465 e. The Bertz CT molecular complexity index is 1500. The molecule has 1 fully saturated rings. The van der Waals surface area contributed by atoms with Crippen LogP contribution in [0, 0.1) is 18.6 Å². The Morgan fingerprint density at radius 2 is 1.90 bits per heavy atom. The van der Waals surface area contributed by atoms with Crippen molar-refractivity contribution in [3.05, 3.63) is 82.8 Å². The average molecular weight is 597 g/mol. The number of carbonyl (C=O) groups is 1. The van der Waals surface area contributed by atoms with E-state index in [0.29, 0.717) is 37.3 Å². The lowest BCUT2D eigenvalue weighted by Crippen LogP contribution is -2.65. The van der Waals surface area contributed by atoms with Gasteiger partial charge in [0.2, 0.25) is 5.91 Å². The molecule has 2 aliphatic heterocycles. The van der Waals surface area contributed by atoms with Crippen molar-refractivity contribution in [1.82, 2.24) is 10.2 Å². The summed E-state index contributed by atoms with van der Waals surface area (Å²) in [6, 6.07) is 13.0. The lowest BCUT2D eigenvalue weighted by Gasteiger charge is -2.44. The summed E-state index contributed by atoms with van der Waals surface area (Å²) in [4.78, 5) is 17.1. The summed E-state index contributed by atoms with van der Waals surface area (Å²) in [7, 11) is 6.42. The van der Waals surface area contributed by atoms with Crippen LogP contribution < -0.4 is 15.6 Å². The molecule has 5 rings (SSSR count). The molecule has 224 valence electrons. The number of carbonyl (C=O) groups excluding carboxylic acids is 1. The van der Waals surface area contributed by atoms with Crippen LogP contribution in [0.4, 0.5) is 14.5 Å². The number of halogens is 2. The molecule has 0 bridgehead atoms. The van der Waals surface area contributed by atoms with Gasteiger partial charge < -0.3 is 19.4 Å². The highest BCUT2D eigenvalue weighted by Crippen LogP contribution is 2.46. The fourth-order valence-electron chi connectivity index (χ4n) is 6.11. The number of benzene rings is 2. The van der Waals surface area contributed by atoms with Gasteiger partial charge in [-0.05, 0) is 75.4 Å². The highest BCUT2D eigenvalue weighted by molar-refractivity contribution is 7.28. The van der Waals surface area contributed by atoms with E-state index in [1.165, 1.54) is 12.1 Å². The monoisotopic (exact) mass is 596 g/mol. The SMILES string of the molecule is CCc1ccc(C2C(c3ccc(F)cc3F)=NN(c3ccc(C)cc3P)C2(C)C(=O)NC2(COC)CCN(C)CC2)o1. The zero-order valence-electron chi connectivity index (χ0n) is 24.8. The number of nitrogens with one attached hydrogen (secondary N) is 1. The summed E-state index contributed by atoms with van der Waals surface area (Å²) < 4.78 is 41.4. The molecule has 1 N–H and O–H groups in total. The van der Waals surface area contributed by atoms with Gasteiger partial charge in [0.05, 0.1) is 29.5 Å². The number of amides is 1. The van der Waals surface area contributed by atoms with E-state index in [4.69, 9.17) is 14.3 Å². The predicted octanol–water partition coefficient (Wildman–Crippen LogP) is 4.92. The van der Waals surface area contributed by atoms with Crippen molar-refractivity contribution in [2.24, 2.45) is 5.10 Å². The first-order chi connectivity index (χ1) is 20.0. The number of methoxy groups -OCH3 is 1. The van der Waals surface area contributed by atoms with Crippen LogP contribution in [-0.2, 0) is 16.0 Å². The second kappa shape index (κ2) is 11.9. The molecule has 1 amide bonds. The summed E-state index contributed by atoms with van der Waals surface area (Å²) in [5.41, 5.74) is 0.151. The van der Waals surface area contributed by atoms with Crippen molar-refractivity contribution in [3.63, 3.8) is 0 Å². The van der Waals surface area contributed by atoms with Crippen molar-refractivity contribution in [3.8, 4) is 0 Å². The molecule has 0 spiro atoms. The molecule has 3 atom stereocenters. The molecule has 3 aromatic rings. The summed E-state index contributed by atoms with van der Waals surface area (Å²) in [5.74, 6) is -1.32. The highest BCUT2D eigenvalue weighted by Gasteiger charge is 2.58. The maximum atomic E-state index is 15.5. The summed E-state index contributed by atoms with van der Waals surface area (Å²) in [6.07, 6.45) is 2.07. The predicted molar refractivity (Wildman–Crippen MR) is 165 cm³/mol. The molecular weight excluding hydrogens is 557 g/mol. The lowest BCUT2D eigenvalue weighted by molar-refractivity contribution is -0.129. The first-order valence-electron chi connectivity index (χ1n) is 14.3. The molecule has 3 unspecified atom stereocenters. The third kappa shape index (κ3) is 5.50. The molecule has 0 saturated carbocycles. The smallest absolute Gasteiger partial charge is 0.249 e. The maximum absolute atomic E-state index is 15.5. The van der Waals surface area contributed by atoms with Gasteiger partial charge in [-0.25, -0.2) is 13.8 Å². The number of hydrogen-bond donors (Lipinski definition) is 1. The number of ether oxygens (including phenoxy) is 1. The third-order valence-electron chi connectivity index (χ3n) is 8.62. The van der Waals surface area contributed by atoms with Crippen LogP contribution in [0.25, 0.3) is 0 Å². The van der Waals surface area contributed by atoms with E-state index in [9.17, 15) is 9.18 Å². The number of nitrogens with zero attached hydrogens (tertiary/aromatic N) is 3. The van der Waals surface area contributed by atoms with E-state index in [-0.39, 0.29) is 17.2 Å². The number of likely N-dealkylation sites (tertiary alicyclic amines) is 1. The van der Waals surface area contributed by atoms with Gasteiger partial charge in [0.15, 0.2) is 5.54 Å². The number of anilines is 1. The van der Waals surface area contributed by atoms with Gasteiger partial charge in [0, 0.05) is 38.2 Å². The highest BCUT2D eigenvalue weighted by atomic mass is 31.0. The minimum absolute atomic E-state index is 0.112. The molecule has 0 aliphatic carbocycles. The van der Waals surface area contributed by atoms with E-state index < -0.39 is 28.6 Å². The molecule has 7 nitrogen and oxygen atoms in total. The van der Waals surface area contributed by atoms with Crippen LogP contribution in [0.2, 0.25) is 0 Å². The number of piperidine rings is 1. The minimum atomic E-state index is -1.39. The maximum Gasteiger partial charge on any atom is 0.249 e. The zero-order chi connectivity index (χ0) is 30.2. The number of hydrazone groups is 1. The standard InChI is InChI=1S/C32H39F2N4O3P/c1-6-22-9-12-26(41-22)28-29(23-10-8-21(33)18-24(23)34)36-38(25-11-7-20(2)17-27(25)42)31(28,3)30(39)35-32(19-40-5)13-15-37(4)16-14-32/h7-12,17-18,28H,6,13-16,19,42H2,1-5H3,(H,35,39). The molecule has 0 radical (unpaired) electrons. The summed E-state index contributed by atoms with van der Waals surface area (Å²) in [5, 5.41) is 10.8. The molecule has 1 aromatic heterocycles. The third-order valence-corrected chi connectivity index (χ3v) is 9.08. The lowest BCUT2D eigenvalue weighted by atomic mass is 9.77. The van der Waals surface area contributed by atoms with Gasteiger partial charge in [-0.2, -0.15) is 5.10 Å².